The molecule has 3 aromatic rings. The van der Waals surface area contributed by atoms with Crippen molar-refractivity contribution in [3.8, 4) is 11.5 Å². The van der Waals surface area contributed by atoms with E-state index in [0.29, 0.717) is 27.7 Å². The van der Waals surface area contributed by atoms with Crippen molar-refractivity contribution in [3.63, 3.8) is 0 Å². The second kappa shape index (κ2) is 10.8. The average molecular weight is 508 g/mol. The van der Waals surface area contributed by atoms with Gasteiger partial charge in [0.25, 0.3) is 11.1 Å². The Balaban J connectivity index is 1.46. The van der Waals surface area contributed by atoms with Crippen LogP contribution >= 0.6 is 23.4 Å². The summed E-state index contributed by atoms with van der Waals surface area (Å²) in [6.07, 6.45) is 1.48. The zero-order valence-corrected chi connectivity index (χ0v) is 20.6. The van der Waals surface area contributed by atoms with E-state index in [1.807, 2.05) is 32.0 Å². The van der Waals surface area contributed by atoms with Gasteiger partial charge in [-0.15, -0.1) is 0 Å². The van der Waals surface area contributed by atoms with Crippen LogP contribution in [0.1, 0.15) is 16.7 Å². The van der Waals surface area contributed by atoms with E-state index in [0.717, 1.165) is 22.2 Å². The molecule has 1 saturated heterocycles. The summed E-state index contributed by atoms with van der Waals surface area (Å²) < 4.78 is 5.59. The quantitative estimate of drug-likeness (QED) is 0.270. The van der Waals surface area contributed by atoms with Crippen molar-refractivity contribution in [1.82, 2.24) is 4.90 Å². The summed E-state index contributed by atoms with van der Waals surface area (Å²) in [4.78, 5) is 26.5. The van der Waals surface area contributed by atoms with Crippen LogP contribution in [0.5, 0.6) is 11.5 Å². The van der Waals surface area contributed by atoms with Gasteiger partial charge in [0.2, 0.25) is 0 Å². The summed E-state index contributed by atoms with van der Waals surface area (Å²) in [5.41, 5.74) is 3.85. The fourth-order valence-electron chi connectivity index (χ4n) is 3.27. The van der Waals surface area contributed by atoms with E-state index >= 15 is 0 Å². The molecule has 178 valence electrons. The lowest BCUT2D eigenvalue weighted by molar-refractivity contribution is -0.123. The molecule has 0 spiro atoms. The highest BCUT2D eigenvalue weighted by atomic mass is 35.5. The number of hydrogen-bond donors (Lipinski definition) is 1. The number of rotatable bonds is 7. The number of nitrogens with zero attached hydrogens (tertiary/aromatic N) is 3. The average Bonchev–Trinajstić information content (AvgIpc) is 3.10. The van der Waals surface area contributed by atoms with Gasteiger partial charge in [-0.25, -0.2) is 0 Å². The molecule has 1 N–H and O–H groups in total. The first-order chi connectivity index (χ1) is 16.8. The van der Waals surface area contributed by atoms with Gasteiger partial charge in [-0.1, -0.05) is 29.8 Å². The number of hydrogen-bond acceptors (Lipinski definition) is 7. The predicted molar refractivity (Wildman–Crippen MR) is 138 cm³/mol. The molecule has 0 radical (unpaired) electrons. The third-order valence-corrected chi connectivity index (χ3v) is 6.57. The van der Waals surface area contributed by atoms with Gasteiger partial charge in [0.05, 0.1) is 27.8 Å². The molecule has 4 rings (SSSR count). The third kappa shape index (κ3) is 5.90. The molecular formula is C26H22ClN3O4S. The van der Waals surface area contributed by atoms with Gasteiger partial charge in [0.15, 0.2) is 0 Å². The molecule has 1 fully saturated rings. The number of aromatic hydroxyl groups is 1. The Morgan fingerprint density at radius 2 is 1.71 bits per heavy atom. The number of benzene rings is 3. The summed E-state index contributed by atoms with van der Waals surface area (Å²) in [6, 6.07) is 17.5. The second-order valence-corrected chi connectivity index (χ2v) is 9.22. The Morgan fingerprint density at radius 3 is 2.46 bits per heavy atom. The standard InChI is InChI=1S/C26H22ClN3O4S/c1-16-7-8-19(13-17(16)2)28-29-20-9-10-22(31)18(14-20)15-24-25(32)30(26(33)35-24)11-12-34-23-6-4-3-5-21(23)27/h3-10,13-15,31H,11-12H2,1-2H3/b24-15-,29-28?. The van der Waals surface area contributed by atoms with E-state index in [-0.39, 0.29) is 23.8 Å². The van der Waals surface area contributed by atoms with Crippen LogP contribution < -0.4 is 4.74 Å². The predicted octanol–water partition coefficient (Wildman–Crippen LogP) is 7.19. The lowest BCUT2D eigenvalue weighted by Crippen LogP contribution is -2.32. The summed E-state index contributed by atoms with van der Waals surface area (Å²) in [5.74, 6) is -0.0123. The summed E-state index contributed by atoms with van der Waals surface area (Å²) in [6.45, 7) is 4.21. The Morgan fingerprint density at radius 1 is 1.00 bits per heavy atom. The fraction of sp³-hybridized carbons (Fsp3) is 0.154. The minimum Gasteiger partial charge on any atom is -0.507 e. The van der Waals surface area contributed by atoms with Crippen molar-refractivity contribution < 1.29 is 19.4 Å². The Bertz CT molecular complexity index is 1360. The number of azo groups is 1. The normalized spacial score (nSPS) is 14.9. The van der Waals surface area contributed by atoms with Crippen molar-refractivity contribution in [1.29, 1.82) is 0 Å². The number of aryl methyl sites for hydroxylation is 2. The van der Waals surface area contributed by atoms with Crippen LogP contribution in [0.15, 0.2) is 75.8 Å². The maximum absolute atomic E-state index is 12.8. The molecule has 1 heterocycles. The van der Waals surface area contributed by atoms with Gasteiger partial charge in [-0.2, -0.15) is 10.2 Å². The largest absolute Gasteiger partial charge is 0.507 e. The van der Waals surface area contributed by atoms with E-state index in [2.05, 4.69) is 10.2 Å². The molecule has 1 aliphatic heterocycles. The summed E-state index contributed by atoms with van der Waals surface area (Å²) in [5, 5.41) is 18.8. The first kappa shape index (κ1) is 24.5. The van der Waals surface area contributed by atoms with E-state index in [1.165, 1.54) is 17.7 Å². The van der Waals surface area contributed by atoms with E-state index in [9.17, 15) is 14.7 Å². The zero-order chi connectivity index (χ0) is 24.9. The monoisotopic (exact) mass is 507 g/mol. The van der Waals surface area contributed by atoms with Gasteiger partial charge < -0.3 is 9.84 Å². The third-order valence-electron chi connectivity index (χ3n) is 5.35. The Hall–Kier alpha value is -3.62. The minimum atomic E-state index is -0.454. The van der Waals surface area contributed by atoms with Crippen molar-refractivity contribution in [2.75, 3.05) is 13.2 Å². The van der Waals surface area contributed by atoms with Crippen LogP contribution in [0.3, 0.4) is 0 Å². The number of imide groups is 1. The zero-order valence-electron chi connectivity index (χ0n) is 19.1. The molecule has 1 aliphatic rings. The lowest BCUT2D eigenvalue weighted by Gasteiger charge is -2.13. The van der Waals surface area contributed by atoms with Crippen molar-refractivity contribution in [2.24, 2.45) is 10.2 Å². The van der Waals surface area contributed by atoms with Crippen molar-refractivity contribution in [2.45, 2.75) is 13.8 Å². The fourth-order valence-corrected chi connectivity index (χ4v) is 4.31. The van der Waals surface area contributed by atoms with Gasteiger partial charge in [-0.05, 0) is 85.3 Å². The summed E-state index contributed by atoms with van der Waals surface area (Å²) >= 11 is 6.87. The first-order valence-electron chi connectivity index (χ1n) is 10.8. The van der Waals surface area contributed by atoms with Crippen molar-refractivity contribution in [3.05, 3.63) is 87.3 Å². The molecule has 7 nitrogen and oxygen atoms in total. The molecule has 0 saturated carbocycles. The van der Waals surface area contributed by atoms with Crippen LogP contribution in [0.2, 0.25) is 5.02 Å². The van der Waals surface area contributed by atoms with Gasteiger partial charge in [0, 0.05) is 5.56 Å². The highest BCUT2D eigenvalue weighted by Crippen LogP contribution is 2.35. The molecule has 0 bridgehead atoms. The number of phenols is 1. The van der Waals surface area contributed by atoms with Crippen LogP contribution in [-0.4, -0.2) is 34.3 Å². The Kier molecular flexibility index (Phi) is 7.53. The maximum atomic E-state index is 12.8. The number of ether oxygens (including phenoxy) is 1. The van der Waals surface area contributed by atoms with Crippen molar-refractivity contribution >= 4 is 52.0 Å². The topological polar surface area (TPSA) is 91.6 Å². The number of carbonyl (C=O) groups excluding carboxylic acids is 2. The number of amides is 2. The van der Waals surface area contributed by atoms with Crippen LogP contribution in [-0.2, 0) is 4.79 Å². The van der Waals surface area contributed by atoms with Crippen LogP contribution in [0, 0.1) is 13.8 Å². The van der Waals surface area contributed by atoms with Crippen LogP contribution in [0.4, 0.5) is 16.2 Å². The smallest absolute Gasteiger partial charge is 0.293 e. The Labute approximate surface area is 212 Å². The number of carbonyl (C=O) groups is 2. The number of para-hydroxylation sites is 1. The number of phenolic OH excluding ortho intramolecular Hbond substituents is 1. The molecule has 0 aliphatic carbocycles. The highest BCUT2D eigenvalue weighted by Gasteiger charge is 2.35. The SMILES string of the molecule is Cc1ccc(N=Nc2ccc(O)c(/C=C3\SC(=O)N(CCOc4ccccc4Cl)C3=O)c2)cc1C. The van der Waals surface area contributed by atoms with E-state index in [4.69, 9.17) is 16.3 Å². The number of halogens is 1. The molecule has 3 aromatic carbocycles. The molecule has 0 unspecified atom stereocenters. The molecule has 2 amide bonds. The van der Waals surface area contributed by atoms with Gasteiger partial charge in [-0.3, -0.25) is 14.5 Å². The lowest BCUT2D eigenvalue weighted by atomic mass is 10.1. The summed E-state index contributed by atoms with van der Waals surface area (Å²) in [7, 11) is 0. The molecule has 0 atom stereocenters. The van der Waals surface area contributed by atoms with E-state index in [1.54, 1.807) is 36.4 Å². The highest BCUT2D eigenvalue weighted by molar-refractivity contribution is 8.18. The molecule has 0 aromatic heterocycles. The first-order valence-corrected chi connectivity index (χ1v) is 12.0. The molecule has 35 heavy (non-hydrogen) atoms. The maximum Gasteiger partial charge on any atom is 0.293 e. The van der Waals surface area contributed by atoms with Gasteiger partial charge in [0.1, 0.15) is 18.1 Å². The number of thioether (sulfide) groups is 1. The van der Waals surface area contributed by atoms with E-state index < -0.39 is 11.1 Å². The molecule has 9 heteroatoms. The molecular weight excluding hydrogens is 486 g/mol. The van der Waals surface area contributed by atoms with Crippen LogP contribution in [0.25, 0.3) is 6.08 Å². The second-order valence-electron chi connectivity index (χ2n) is 7.82. The van der Waals surface area contributed by atoms with Gasteiger partial charge >= 0.3 is 0 Å². The minimum absolute atomic E-state index is 0.0380.